The molecule has 0 rings (SSSR count). The maximum absolute atomic E-state index is 11.4. The Hall–Kier alpha value is 0.110. The first-order chi connectivity index (χ1) is 6.48. The summed E-state index contributed by atoms with van der Waals surface area (Å²) in [5.41, 5.74) is 5.35. The van der Waals surface area contributed by atoms with E-state index in [2.05, 4.69) is 13.8 Å². The van der Waals surface area contributed by atoms with Crippen molar-refractivity contribution in [3.05, 3.63) is 0 Å². The monoisotopic (exact) mass is 223 g/mol. The molecule has 5 heteroatoms. The molecule has 0 aromatic rings. The Bertz CT molecular complexity index is 185. The zero-order valence-corrected chi connectivity index (χ0v) is 10.3. The first kappa shape index (κ1) is 14.1. The number of hydrogen-bond donors (Lipinski definition) is 1. The molecule has 1 atom stereocenters. The summed E-state index contributed by atoms with van der Waals surface area (Å²) in [6.07, 6.45) is 2.69. The summed E-state index contributed by atoms with van der Waals surface area (Å²) in [6.45, 7) is 6.99. The van der Waals surface area contributed by atoms with Gasteiger partial charge in [0, 0.05) is 0 Å². The maximum Gasteiger partial charge on any atom is 0.402 e. The van der Waals surface area contributed by atoms with Gasteiger partial charge in [0.25, 0.3) is 0 Å². The largest absolute Gasteiger partial charge is 0.402 e. The minimum Gasteiger partial charge on any atom is -0.297 e. The molecule has 4 nitrogen and oxygen atoms in total. The highest BCUT2D eigenvalue weighted by atomic mass is 31.2. The summed E-state index contributed by atoms with van der Waals surface area (Å²) in [6, 6.07) is 0. The predicted molar refractivity (Wildman–Crippen MR) is 58.1 cm³/mol. The highest BCUT2D eigenvalue weighted by molar-refractivity contribution is 7.51. The van der Waals surface area contributed by atoms with Gasteiger partial charge in [-0.25, -0.2) is 10.1 Å². The predicted octanol–water partition coefficient (Wildman–Crippen LogP) is 2.93. The van der Waals surface area contributed by atoms with Crippen molar-refractivity contribution >= 4 is 7.75 Å². The molecule has 0 amide bonds. The van der Waals surface area contributed by atoms with Gasteiger partial charge in [-0.2, -0.15) is 0 Å². The molecule has 0 spiro atoms. The Balaban J connectivity index is 3.56. The fourth-order valence-corrected chi connectivity index (χ4v) is 1.61. The van der Waals surface area contributed by atoms with Crippen LogP contribution in [0.4, 0.5) is 0 Å². The second-order valence-corrected chi connectivity index (χ2v) is 5.34. The lowest BCUT2D eigenvalue weighted by Crippen LogP contribution is -2.07. The number of rotatable bonds is 8. The fourth-order valence-electron chi connectivity index (χ4n) is 0.789. The molecular formula is C9H22NO3P. The molecule has 0 aromatic carbocycles. The molecule has 14 heavy (non-hydrogen) atoms. The van der Waals surface area contributed by atoms with E-state index >= 15 is 0 Å². The van der Waals surface area contributed by atoms with E-state index in [1.807, 2.05) is 6.92 Å². The van der Waals surface area contributed by atoms with Gasteiger partial charge in [-0.1, -0.05) is 27.2 Å². The second-order valence-electron chi connectivity index (χ2n) is 3.74. The summed E-state index contributed by atoms with van der Waals surface area (Å²) >= 11 is 0. The van der Waals surface area contributed by atoms with Crippen LogP contribution < -0.4 is 5.50 Å². The van der Waals surface area contributed by atoms with Gasteiger partial charge in [0.05, 0.1) is 13.2 Å². The molecule has 0 heterocycles. The minimum absolute atomic E-state index is 0.400. The minimum atomic E-state index is -3.28. The average Bonchev–Trinajstić information content (AvgIpc) is 2.03. The van der Waals surface area contributed by atoms with E-state index in [4.69, 9.17) is 14.6 Å². The molecule has 0 aliphatic carbocycles. The number of unbranched alkanes of at least 4 members (excludes halogenated alkanes) is 1. The third-order valence-electron chi connectivity index (χ3n) is 1.74. The number of nitrogens with two attached hydrogens (primary N) is 1. The van der Waals surface area contributed by atoms with Gasteiger partial charge in [-0.05, 0) is 18.8 Å². The van der Waals surface area contributed by atoms with E-state index in [1.165, 1.54) is 0 Å². The van der Waals surface area contributed by atoms with Crippen LogP contribution in [0.1, 0.15) is 40.0 Å². The lowest BCUT2D eigenvalue weighted by Gasteiger charge is -2.13. The molecule has 0 aromatic heterocycles. The molecule has 2 N–H and O–H groups in total. The smallest absolute Gasteiger partial charge is 0.297 e. The van der Waals surface area contributed by atoms with Gasteiger partial charge in [0.15, 0.2) is 0 Å². The van der Waals surface area contributed by atoms with Crippen molar-refractivity contribution in [1.82, 2.24) is 0 Å². The molecule has 0 saturated carbocycles. The summed E-state index contributed by atoms with van der Waals surface area (Å²) in [4.78, 5) is 0. The van der Waals surface area contributed by atoms with E-state index in [0.29, 0.717) is 19.1 Å². The quantitative estimate of drug-likeness (QED) is 0.507. The van der Waals surface area contributed by atoms with Crippen molar-refractivity contribution in [3.63, 3.8) is 0 Å². The summed E-state index contributed by atoms with van der Waals surface area (Å²) in [5.74, 6) is 0.519. The van der Waals surface area contributed by atoms with Crippen LogP contribution in [0.2, 0.25) is 0 Å². The third-order valence-corrected chi connectivity index (χ3v) is 2.82. The topological polar surface area (TPSA) is 61.5 Å². The summed E-state index contributed by atoms with van der Waals surface area (Å²) in [7, 11) is -3.28. The van der Waals surface area contributed by atoms with Crippen LogP contribution in [0.3, 0.4) is 0 Å². The first-order valence-corrected chi connectivity index (χ1v) is 6.77. The molecular weight excluding hydrogens is 201 g/mol. The molecule has 1 unspecified atom stereocenters. The van der Waals surface area contributed by atoms with Gasteiger partial charge in [-0.3, -0.25) is 9.05 Å². The average molecular weight is 223 g/mol. The van der Waals surface area contributed by atoms with Crippen LogP contribution in [0.5, 0.6) is 0 Å². The van der Waals surface area contributed by atoms with Crippen molar-refractivity contribution < 1.29 is 13.6 Å². The van der Waals surface area contributed by atoms with Crippen LogP contribution in [-0.4, -0.2) is 13.2 Å². The molecule has 0 aliphatic heterocycles. The summed E-state index contributed by atoms with van der Waals surface area (Å²) in [5, 5.41) is 0. The van der Waals surface area contributed by atoms with E-state index in [-0.39, 0.29) is 0 Å². The van der Waals surface area contributed by atoms with Crippen molar-refractivity contribution in [3.8, 4) is 0 Å². The number of hydrogen-bond acceptors (Lipinski definition) is 3. The molecule has 0 saturated heterocycles. The van der Waals surface area contributed by atoms with Crippen molar-refractivity contribution in [2.75, 3.05) is 13.2 Å². The Kier molecular flexibility index (Phi) is 7.47. The molecule has 0 radical (unpaired) electrons. The Morgan fingerprint density at radius 2 is 1.86 bits per heavy atom. The van der Waals surface area contributed by atoms with Gasteiger partial charge >= 0.3 is 7.75 Å². The van der Waals surface area contributed by atoms with Gasteiger partial charge in [-0.15, -0.1) is 0 Å². The Morgan fingerprint density at radius 1 is 1.29 bits per heavy atom. The van der Waals surface area contributed by atoms with Crippen LogP contribution in [0.25, 0.3) is 0 Å². The van der Waals surface area contributed by atoms with Crippen molar-refractivity contribution in [1.29, 1.82) is 0 Å². The Labute approximate surface area is 86.7 Å². The van der Waals surface area contributed by atoms with E-state index < -0.39 is 7.75 Å². The van der Waals surface area contributed by atoms with Crippen LogP contribution >= 0.6 is 7.75 Å². The van der Waals surface area contributed by atoms with E-state index in [0.717, 1.165) is 19.3 Å². The van der Waals surface area contributed by atoms with Gasteiger partial charge in [0.2, 0.25) is 0 Å². The normalized spacial score (nSPS) is 15.8. The van der Waals surface area contributed by atoms with Gasteiger partial charge < -0.3 is 0 Å². The van der Waals surface area contributed by atoms with E-state index in [9.17, 15) is 4.57 Å². The van der Waals surface area contributed by atoms with E-state index in [1.54, 1.807) is 0 Å². The van der Waals surface area contributed by atoms with Crippen LogP contribution in [0.15, 0.2) is 0 Å². The lowest BCUT2D eigenvalue weighted by molar-refractivity contribution is 0.194. The second kappa shape index (κ2) is 7.41. The lowest BCUT2D eigenvalue weighted by atomic mass is 10.2. The standard InChI is InChI=1S/C9H22NO3P/c1-4-5-7-12-14(10,11)13-8-6-9(2)3/h9H,4-8H2,1-3H3,(H2,10,11). The van der Waals surface area contributed by atoms with Crippen LogP contribution in [0, 0.1) is 5.92 Å². The van der Waals surface area contributed by atoms with Crippen LogP contribution in [-0.2, 0) is 13.6 Å². The van der Waals surface area contributed by atoms with Crippen molar-refractivity contribution in [2.24, 2.45) is 11.4 Å². The third kappa shape index (κ3) is 8.70. The van der Waals surface area contributed by atoms with Crippen molar-refractivity contribution in [2.45, 2.75) is 40.0 Å². The molecule has 0 bridgehead atoms. The maximum atomic E-state index is 11.4. The summed E-state index contributed by atoms with van der Waals surface area (Å²) < 4.78 is 21.4. The molecule has 0 fully saturated rings. The Morgan fingerprint density at radius 3 is 2.36 bits per heavy atom. The zero-order valence-electron chi connectivity index (χ0n) is 9.36. The molecule has 86 valence electrons. The highest BCUT2D eigenvalue weighted by Gasteiger charge is 2.17. The highest BCUT2D eigenvalue weighted by Crippen LogP contribution is 2.39. The molecule has 0 aliphatic rings. The van der Waals surface area contributed by atoms with Gasteiger partial charge in [0.1, 0.15) is 0 Å². The zero-order chi connectivity index (χ0) is 11.0. The SMILES string of the molecule is CCCCOP(N)(=O)OCCC(C)C. The first-order valence-electron chi connectivity index (χ1n) is 5.15. The fraction of sp³-hybridized carbons (Fsp3) is 1.00.